The van der Waals surface area contributed by atoms with E-state index in [-0.39, 0.29) is 34.1 Å². The molecule has 3 aromatic carbocycles. The van der Waals surface area contributed by atoms with Crippen LogP contribution in [0.2, 0.25) is 0 Å². The first kappa shape index (κ1) is 43.1. The minimum absolute atomic E-state index is 0. The van der Waals surface area contributed by atoms with E-state index in [2.05, 4.69) is 15.3 Å². The molecule has 0 spiro atoms. The summed E-state index contributed by atoms with van der Waals surface area (Å²) in [4.78, 5) is 26.8. The summed E-state index contributed by atoms with van der Waals surface area (Å²) < 4.78 is 5.48. The van der Waals surface area contributed by atoms with Gasteiger partial charge in [0.2, 0.25) is 0 Å². The SMILES string of the molecule is COc1ccccc1C1=CC(OO)(C(C)(C)C)C(=O)C(C(C)(C)C)=C1.Oc1ccccc1C=NCCCNCCCN=Cc1ccccc1O.[Co]. The average Bonchev–Trinajstić information content (AvgIpc) is 3.08. The van der Waals surface area contributed by atoms with Crippen molar-refractivity contribution in [2.45, 2.75) is 60.0 Å². The summed E-state index contributed by atoms with van der Waals surface area (Å²) in [6, 6.07) is 22.0. The van der Waals surface area contributed by atoms with Crippen LogP contribution in [0.4, 0.5) is 0 Å². The Morgan fingerprint density at radius 2 is 1.27 bits per heavy atom. The number of allylic oxidation sites excluding steroid dienone is 2. The Kier molecular flexibility index (Phi) is 17.0. The van der Waals surface area contributed by atoms with Gasteiger partial charge in [-0.05, 0) is 79.4 Å². The van der Waals surface area contributed by atoms with Crippen molar-refractivity contribution in [2.24, 2.45) is 20.8 Å². The minimum Gasteiger partial charge on any atom is -0.507 e. The standard InChI is InChI=1S/C21H28O4.C20H25N3O2.Co/c1-19(2,3)16-12-14(15-10-8-9-11-17(15)24-7)13-21(25-23,18(16)22)20(4,5)6;24-19-9-3-1-7-17(19)15-22-13-5-11-21-12-6-14-23-16-18-8-2-4-10-20(18)25;/h8-13,23H,1-7H3;1-4,7-10,15-16,21,24-25H,5-6,11-14H2;. The second kappa shape index (κ2) is 20.1. The van der Waals surface area contributed by atoms with Crippen molar-refractivity contribution in [3.63, 3.8) is 0 Å². The number of hydrogen-bond donors (Lipinski definition) is 4. The number of rotatable bonds is 13. The van der Waals surface area contributed by atoms with Crippen molar-refractivity contribution >= 4 is 23.8 Å². The van der Waals surface area contributed by atoms with Crippen LogP contribution in [-0.2, 0) is 26.5 Å². The van der Waals surface area contributed by atoms with Crippen molar-refractivity contribution in [2.75, 3.05) is 33.3 Å². The third-order valence-electron chi connectivity index (χ3n) is 8.34. The van der Waals surface area contributed by atoms with Gasteiger partial charge in [0.25, 0.3) is 0 Å². The zero-order valence-electron chi connectivity index (χ0n) is 30.8. The van der Waals surface area contributed by atoms with Gasteiger partial charge in [0, 0.05) is 70.0 Å². The Hall–Kier alpha value is -4.06. The first-order valence-corrected chi connectivity index (χ1v) is 17.0. The third-order valence-corrected chi connectivity index (χ3v) is 8.34. The number of nitrogens with one attached hydrogen (secondary N) is 1. The van der Waals surface area contributed by atoms with E-state index in [0.29, 0.717) is 11.3 Å². The smallest absolute Gasteiger partial charge is 0.199 e. The number of aliphatic imine (C=N–C) groups is 2. The Labute approximate surface area is 313 Å². The summed E-state index contributed by atoms with van der Waals surface area (Å²) in [5.74, 6) is 1.00. The topological polar surface area (TPSA) is 133 Å². The number of Topliss-reactive ketones (excluding diaryl/α,β-unsaturated/α-hetero) is 1. The van der Waals surface area contributed by atoms with Crippen LogP contribution >= 0.6 is 0 Å². The quantitative estimate of drug-likeness (QED) is 0.0606. The van der Waals surface area contributed by atoms with Crippen molar-refractivity contribution in [3.8, 4) is 17.2 Å². The van der Waals surface area contributed by atoms with Crippen LogP contribution < -0.4 is 10.1 Å². The molecule has 1 unspecified atom stereocenters. The Bertz CT molecular complexity index is 1630. The number of carbonyl (C=O) groups excluding carboxylic acids is 1. The summed E-state index contributed by atoms with van der Waals surface area (Å²) in [7, 11) is 1.61. The van der Waals surface area contributed by atoms with Crippen LogP contribution in [-0.4, -0.2) is 72.6 Å². The predicted octanol–water partition coefficient (Wildman–Crippen LogP) is 7.91. The van der Waals surface area contributed by atoms with Crippen molar-refractivity contribution in [1.82, 2.24) is 5.32 Å². The molecule has 10 heteroatoms. The van der Waals surface area contributed by atoms with Gasteiger partial charge in [-0.25, -0.2) is 4.89 Å². The number of methoxy groups -OCH3 is 1. The van der Waals surface area contributed by atoms with E-state index in [9.17, 15) is 20.3 Å². The van der Waals surface area contributed by atoms with Gasteiger partial charge in [-0.3, -0.25) is 20.0 Å². The molecule has 4 rings (SSSR count). The summed E-state index contributed by atoms with van der Waals surface area (Å²) in [5, 5.41) is 32.4. The van der Waals surface area contributed by atoms with Gasteiger partial charge in [0.15, 0.2) is 11.4 Å². The molecule has 1 aliphatic rings. The van der Waals surface area contributed by atoms with E-state index in [4.69, 9.17) is 9.62 Å². The maximum atomic E-state index is 13.3. The fourth-order valence-electron chi connectivity index (χ4n) is 5.34. The second-order valence-electron chi connectivity index (χ2n) is 14.2. The molecule has 277 valence electrons. The van der Waals surface area contributed by atoms with Crippen LogP contribution in [0.15, 0.2) is 101 Å². The van der Waals surface area contributed by atoms with E-state index in [0.717, 1.165) is 61.3 Å². The van der Waals surface area contributed by atoms with Crippen LogP contribution in [0.1, 0.15) is 71.1 Å². The summed E-state index contributed by atoms with van der Waals surface area (Å²) in [6.07, 6.45) is 8.91. The molecule has 4 N–H and O–H groups in total. The van der Waals surface area contributed by atoms with Crippen molar-refractivity contribution < 1.29 is 46.7 Å². The van der Waals surface area contributed by atoms with Crippen molar-refractivity contribution in [3.05, 3.63) is 107 Å². The molecule has 3 aromatic rings. The molecule has 0 aromatic heterocycles. The molecule has 0 saturated carbocycles. The maximum absolute atomic E-state index is 13.3. The Morgan fingerprint density at radius 3 is 1.73 bits per heavy atom. The normalized spacial score (nSPS) is 16.3. The summed E-state index contributed by atoms with van der Waals surface area (Å²) >= 11 is 0. The molecule has 9 nitrogen and oxygen atoms in total. The predicted molar refractivity (Wildman–Crippen MR) is 203 cm³/mol. The number of phenols is 2. The van der Waals surface area contributed by atoms with Crippen molar-refractivity contribution in [1.29, 1.82) is 0 Å². The maximum Gasteiger partial charge on any atom is 0.199 e. The molecule has 51 heavy (non-hydrogen) atoms. The largest absolute Gasteiger partial charge is 0.507 e. The van der Waals surface area contributed by atoms with Crippen LogP contribution in [0.25, 0.3) is 5.57 Å². The number of ether oxygens (including phenoxy) is 1. The molecule has 1 atom stereocenters. The van der Waals surface area contributed by atoms with Crippen LogP contribution in [0.3, 0.4) is 0 Å². The number of carbonyl (C=O) groups is 1. The second-order valence-corrected chi connectivity index (χ2v) is 14.2. The monoisotopic (exact) mass is 742 g/mol. The van der Waals surface area contributed by atoms with Gasteiger partial charge in [0.1, 0.15) is 17.2 Å². The summed E-state index contributed by atoms with van der Waals surface area (Å²) in [5.41, 5.74) is 1.26. The number of ketones is 1. The van der Waals surface area contributed by atoms with Crippen LogP contribution in [0.5, 0.6) is 17.2 Å². The molecule has 0 heterocycles. The number of benzene rings is 3. The minimum atomic E-state index is -1.46. The fourth-order valence-corrected chi connectivity index (χ4v) is 5.34. The molecule has 1 aliphatic carbocycles. The third kappa shape index (κ3) is 12.0. The molecule has 0 aliphatic heterocycles. The number of hydrogen-bond acceptors (Lipinski definition) is 9. The molecule has 0 fully saturated rings. The fraction of sp³-hybridized carbons (Fsp3) is 0.390. The van der Waals surface area contributed by atoms with Crippen LogP contribution in [0, 0.1) is 10.8 Å². The Balaban J connectivity index is 0.000000347. The molecule has 0 amide bonds. The average molecular weight is 743 g/mol. The van der Waals surface area contributed by atoms with E-state index < -0.39 is 16.4 Å². The van der Waals surface area contributed by atoms with E-state index in [1.54, 1.807) is 49.9 Å². The molecule has 1 radical (unpaired) electrons. The number of aromatic hydroxyl groups is 2. The van der Waals surface area contributed by atoms with Gasteiger partial charge in [0.05, 0.1) is 7.11 Å². The Morgan fingerprint density at radius 1 is 0.784 bits per heavy atom. The first-order valence-electron chi connectivity index (χ1n) is 17.0. The van der Waals surface area contributed by atoms with Gasteiger partial charge < -0.3 is 20.3 Å². The van der Waals surface area contributed by atoms with E-state index >= 15 is 0 Å². The van der Waals surface area contributed by atoms with Gasteiger partial charge in [-0.15, -0.1) is 0 Å². The molecule has 0 bridgehead atoms. The number of phenolic OH excluding ortho intramolecular Hbond substituents is 2. The zero-order valence-corrected chi connectivity index (χ0v) is 31.8. The van der Waals surface area contributed by atoms with Gasteiger partial charge in [-0.1, -0.05) is 84.0 Å². The summed E-state index contributed by atoms with van der Waals surface area (Å²) in [6.45, 7) is 14.8. The van der Waals surface area contributed by atoms with Gasteiger partial charge in [-0.2, -0.15) is 0 Å². The zero-order chi connectivity index (χ0) is 36.8. The first-order chi connectivity index (χ1) is 23.7. The molecular formula is C41H53CoN3O6. The number of nitrogens with zero attached hydrogens (tertiary/aromatic N) is 2. The molecular weight excluding hydrogens is 689 g/mol. The van der Waals surface area contributed by atoms with E-state index in [1.165, 1.54) is 0 Å². The van der Waals surface area contributed by atoms with E-state index in [1.807, 2.05) is 96.1 Å². The molecule has 0 saturated heterocycles. The van der Waals surface area contributed by atoms with Gasteiger partial charge >= 0.3 is 0 Å². The number of para-hydroxylation sites is 3.